The highest BCUT2D eigenvalue weighted by Crippen LogP contribution is 2.07. The first-order chi connectivity index (χ1) is 8.72. The first kappa shape index (κ1) is 15.5. The van der Waals surface area contributed by atoms with E-state index >= 15 is 0 Å². The van der Waals surface area contributed by atoms with Gasteiger partial charge in [-0.2, -0.15) is 0 Å². The molecule has 0 saturated carbocycles. The molecule has 0 saturated heterocycles. The molecule has 6 heteroatoms. The number of hydrogen-bond acceptors (Lipinski definition) is 6. The average molecular weight is 274 g/mol. The van der Waals surface area contributed by atoms with Crippen molar-refractivity contribution in [3.63, 3.8) is 0 Å². The third-order valence-electron chi connectivity index (χ3n) is 2.21. The number of aryl methyl sites for hydroxylation is 1. The van der Waals surface area contributed by atoms with E-state index in [1.54, 1.807) is 11.3 Å². The van der Waals surface area contributed by atoms with Crippen LogP contribution in [-0.4, -0.2) is 49.2 Å². The summed E-state index contributed by atoms with van der Waals surface area (Å²) in [7, 11) is 0. The molecule has 0 spiro atoms. The molecule has 2 N–H and O–H groups in total. The van der Waals surface area contributed by atoms with Gasteiger partial charge in [0.25, 0.3) is 0 Å². The van der Waals surface area contributed by atoms with Crippen LogP contribution in [0.1, 0.15) is 17.6 Å². The van der Waals surface area contributed by atoms with Crippen LogP contribution in [0.4, 0.5) is 0 Å². The van der Waals surface area contributed by atoms with Crippen LogP contribution in [0.2, 0.25) is 0 Å². The molecule has 0 aliphatic heterocycles. The minimum atomic E-state index is -0.493. The van der Waals surface area contributed by atoms with Crippen LogP contribution in [0.5, 0.6) is 0 Å². The van der Waals surface area contributed by atoms with Crippen LogP contribution in [-0.2, 0) is 16.0 Å². The second kappa shape index (κ2) is 9.41. The van der Waals surface area contributed by atoms with Gasteiger partial charge in [-0.1, -0.05) is 0 Å². The Hall–Kier alpha value is -0.530. The van der Waals surface area contributed by atoms with E-state index in [1.807, 2.05) is 19.2 Å². The number of rotatable bonds is 10. The number of aromatic nitrogens is 1. The minimum absolute atomic E-state index is 0.330. The molecule has 0 radical (unpaired) electrons. The molecule has 1 aromatic rings. The molecule has 0 aliphatic rings. The lowest BCUT2D eigenvalue weighted by Gasteiger charge is -2.11. The molecule has 1 rings (SSSR count). The quantitative estimate of drug-likeness (QED) is 0.622. The van der Waals surface area contributed by atoms with Gasteiger partial charge in [-0.15, -0.1) is 11.3 Å². The van der Waals surface area contributed by atoms with Gasteiger partial charge in [0.15, 0.2) is 0 Å². The summed E-state index contributed by atoms with van der Waals surface area (Å²) in [4.78, 5) is 4.33. The predicted octanol–water partition coefficient (Wildman–Crippen LogP) is 0.955. The van der Waals surface area contributed by atoms with Crippen LogP contribution in [0.25, 0.3) is 0 Å². The Kier molecular flexibility index (Phi) is 8.11. The van der Waals surface area contributed by atoms with Crippen molar-refractivity contribution in [1.82, 2.24) is 10.3 Å². The largest absolute Gasteiger partial charge is 0.389 e. The first-order valence-electron chi connectivity index (χ1n) is 6.17. The van der Waals surface area contributed by atoms with Crippen LogP contribution in [0.15, 0.2) is 5.38 Å². The van der Waals surface area contributed by atoms with E-state index in [-0.39, 0.29) is 0 Å². The Balaban J connectivity index is 1.98. The zero-order valence-electron chi connectivity index (χ0n) is 11.0. The summed E-state index contributed by atoms with van der Waals surface area (Å²) >= 11 is 1.63. The van der Waals surface area contributed by atoms with Gasteiger partial charge in [-0.3, -0.25) is 0 Å². The number of aliphatic hydroxyl groups excluding tert-OH is 1. The molecule has 0 amide bonds. The summed E-state index contributed by atoms with van der Waals surface area (Å²) < 4.78 is 10.4. The van der Waals surface area contributed by atoms with Gasteiger partial charge in [-0.05, 0) is 13.8 Å². The highest BCUT2D eigenvalue weighted by atomic mass is 32.1. The van der Waals surface area contributed by atoms with E-state index < -0.39 is 6.10 Å². The Labute approximate surface area is 112 Å². The van der Waals surface area contributed by atoms with Gasteiger partial charge in [0.1, 0.15) is 5.01 Å². The zero-order chi connectivity index (χ0) is 13.2. The fourth-order valence-corrected chi connectivity index (χ4v) is 2.11. The molecule has 1 unspecified atom stereocenters. The van der Waals surface area contributed by atoms with E-state index in [0.717, 1.165) is 10.7 Å². The van der Waals surface area contributed by atoms with Crippen LogP contribution in [0.3, 0.4) is 0 Å². The Morgan fingerprint density at radius 2 is 2.22 bits per heavy atom. The predicted molar refractivity (Wildman–Crippen MR) is 71.9 cm³/mol. The van der Waals surface area contributed by atoms with Gasteiger partial charge in [-0.25, -0.2) is 4.98 Å². The maximum atomic E-state index is 9.64. The molecule has 1 atom stereocenters. The van der Waals surface area contributed by atoms with Crippen LogP contribution < -0.4 is 5.32 Å². The number of thiazole rings is 1. The monoisotopic (exact) mass is 274 g/mol. The minimum Gasteiger partial charge on any atom is -0.389 e. The standard InChI is InChI=1S/C12H22N2O3S/c1-3-16-4-5-17-8-11(15)6-13-7-12-14-10(2)9-18-12/h9,11,13,15H,3-8H2,1-2H3. The summed E-state index contributed by atoms with van der Waals surface area (Å²) in [6, 6.07) is 0. The number of aliphatic hydroxyl groups is 1. The van der Waals surface area contributed by atoms with Crippen molar-refractivity contribution in [2.45, 2.75) is 26.5 Å². The summed E-state index contributed by atoms with van der Waals surface area (Å²) in [5, 5.41) is 15.9. The normalized spacial score (nSPS) is 12.8. The molecule has 1 aromatic heterocycles. The van der Waals surface area contributed by atoms with E-state index in [9.17, 15) is 5.11 Å². The lowest BCUT2D eigenvalue weighted by Crippen LogP contribution is -2.30. The maximum absolute atomic E-state index is 9.64. The number of ether oxygens (including phenoxy) is 2. The summed E-state index contributed by atoms with van der Waals surface area (Å²) in [5.41, 5.74) is 1.04. The van der Waals surface area contributed by atoms with E-state index in [0.29, 0.717) is 39.5 Å². The summed E-state index contributed by atoms with van der Waals surface area (Å²) in [6.07, 6.45) is -0.493. The smallest absolute Gasteiger partial charge is 0.107 e. The maximum Gasteiger partial charge on any atom is 0.107 e. The van der Waals surface area contributed by atoms with E-state index in [4.69, 9.17) is 9.47 Å². The number of nitrogens with zero attached hydrogens (tertiary/aromatic N) is 1. The van der Waals surface area contributed by atoms with Crippen molar-refractivity contribution in [3.8, 4) is 0 Å². The van der Waals surface area contributed by atoms with Crippen molar-refractivity contribution in [2.24, 2.45) is 0 Å². The first-order valence-corrected chi connectivity index (χ1v) is 7.05. The van der Waals surface area contributed by atoms with Crippen molar-refractivity contribution < 1.29 is 14.6 Å². The highest BCUT2D eigenvalue weighted by Gasteiger charge is 2.04. The molecule has 18 heavy (non-hydrogen) atoms. The van der Waals surface area contributed by atoms with Gasteiger partial charge in [0.05, 0.1) is 25.9 Å². The third kappa shape index (κ3) is 7.03. The van der Waals surface area contributed by atoms with Crippen molar-refractivity contribution in [3.05, 3.63) is 16.1 Å². The fraction of sp³-hybridized carbons (Fsp3) is 0.750. The van der Waals surface area contributed by atoms with Crippen molar-refractivity contribution in [1.29, 1.82) is 0 Å². The van der Waals surface area contributed by atoms with Gasteiger partial charge in [0, 0.05) is 30.8 Å². The fourth-order valence-electron chi connectivity index (χ4n) is 1.37. The van der Waals surface area contributed by atoms with E-state index in [1.165, 1.54) is 0 Å². The lowest BCUT2D eigenvalue weighted by atomic mass is 10.4. The number of nitrogens with one attached hydrogen (secondary N) is 1. The van der Waals surface area contributed by atoms with Gasteiger partial charge < -0.3 is 19.9 Å². The van der Waals surface area contributed by atoms with Crippen LogP contribution >= 0.6 is 11.3 Å². The Morgan fingerprint density at radius 1 is 1.44 bits per heavy atom. The molecular formula is C12H22N2O3S. The zero-order valence-corrected chi connectivity index (χ0v) is 11.8. The molecule has 0 fully saturated rings. The lowest BCUT2D eigenvalue weighted by molar-refractivity contribution is 0.00642. The van der Waals surface area contributed by atoms with Gasteiger partial charge >= 0.3 is 0 Å². The SMILES string of the molecule is CCOCCOCC(O)CNCc1nc(C)cs1. The number of hydrogen-bond donors (Lipinski definition) is 2. The molecule has 0 aromatic carbocycles. The third-order valence-corrected chi connectivity index (χ3v) is 3.18. The van der Waals surface area contributed by atoms with Crippen LogP contribution in [0, 0.1) is 6.92 Å². The molecular weight excluding hydrogens is 252 g/mol. The summed E-state index contributed by atoms with van der Waals surface area (Å²) in [6.45, 7) is 7.24. The van der Waals surface area contributed by atoms with E-state index in [2.05, 4.69) is 10.3 Å². The van der Waals surface area contributed by atoms with Gasteiger partial charge in [0.2, 0.25) is 0 Å². The molecule has 0 aliphatic carbocycles. The molecule has 104 valence electrons. The molecule has 5 nitrogen and oxygen atoms in total. The highest BCUT2D eigenvalue weighted by molar-refractivity contribution is 7.09. The average Bonchev–Trinajstić information content (AvgIpc) is 2.75. The Bertz CT molecular complexity index is 320. The molecule has 0 bridgehead atoms. The van der Waals surface area contributed by atoms with Crippen molar-refractivity contribution in [2.75, 3.05) is 33.0 Å². The Morgan fingerprint density at radius 3 is 2.89 bits per heavy atom. The topological polar surface area (TPSA) is 63.6 Å². The van der Waals surface area contributed by atoms with Crippen molar-refractivity contribution >= 4 is 11.3 Å². The summed E-state index contributed by atoms with van der Waals surface area (Å²) in [5.74, 6) is 0. The second-order valence-corrected chi connectivity index (χ2v) is 4.88. The second-order valence-electron chi connectivity index (χ2n) is 3.94. The molecule has 1 heterocycles.